The maximum Gasteiger partial charge on any atom is 0.319 e. The van der Waals surface area contributed by atoms with Crippen LogP contribution in [0.15, 0.2) is 23.1 Å². The Morgan fingerprint density at radius 1 is 1.28 bits per heavy atom. The second-order valence-corrected chi connectivity index (χ2v) is 7.34. The van der Waals surface area contributed by atoms with E-state index in [1.807, 2.05) is 0 Å². The smallest absolute Gasteiger partial charge is 0.319 e. The number of halogens is 1. The number of anilines is 1. The van der Waals surface area contributed by atoms with Gasteiger partial charge in [0.25, 0.3) is 0 Å². The molecule has 1 aromatic carbocycles. The summed E-state index contributed by atoms with van der Waals surface area (Å²) in [6.45, 7) is 1.30. The minimum absolute atomic E-state index is 0.125. The highest BCUT2D eigenvalue weighted by Crippen LogP contribution is 2.39. The Morgan fingerprint density at radius 2 is 1.96 bits per heavy atom. The Labute approximate surface area is 150 Å². The molecule has 6 nitrogen and oxygen atoms in total. The largest absolute Gasteiger partial charge is 0.388 e. The Bertz CT molecular complexity index is 627. The van der Waals surface area contributed by atoms with E-state index in [2.05, 4.69) is 10.6 Å². The first-order valence-corrected chi connectivity index (χ1v) is 9.55. The zero-order valence-corrected chi connectivity index (χ0v) is 15.0. The molecular formula is C17H23FN2O4S. The van der Waals surface area contributed by atoms with E-state index in [0.29, 0.717) is 49.5 Å². The molecule has 3 N–H and O–H groups in total. The zero-order valence-electron chi connectivity index (χ0n) is 14.1. The van der Waals surface area contributed by atoms with Gasteiger partial charge in [-0.25, -0.2) is 9.18 Å². The average molecular weight is 370 g/mol. The van der Waals surface area contributed by atoms with Crippen molar-refractivity contribution in [1.82, 2.24) is 5.32 Å². The van der Waals surface area contributed by atoms with Crippen LogP contribution in [0, 0.1) is 5.82 Å². The molecular weight excluding hydrogens is 347 g/mol. The molecule has 25 heavy (non-hydrogen) atoms. The highest BCUT2D eigenvalue weighted by Gasteiger charge is 2.45. The zero-order chi connectivity index (χ0) is 17.9. The van der Waals surface area contributed by atoms with E-state index in [-0.39, 0.29) is 12.4 Å². The molecule has 0 unspecified atom stereocenters. The molecule has 2 fully saturated rings. The van der Waals surface area contributed by atoms with Crippen LogP contribution in [0.5, 0.6) is 0 Å². The molecule has 0 atom stereocenters. The van der Waals surface area contributed by atoms with Gasteiger partial charge in [-0.05, 0) is 37.3 Å². The van der Waals surface area contributed by atoms with Gasteiger partial charge in [-0.2, -0.15) is 0 Å². The van der Waals surface area contributed by atoms with Crippen LogP contribution >= 0.6 is 11.8 Å². The fourth-order valence-electron chi connectivity index (χ4n) is 3.22. The molecule has 1 saturated carbocycles. The van der Waals surface area contributed by atoms with E-state index in [1.54, 1.807) is 18.4 Å². The lowest BCUT2D eigenvalue weighted by molar-refractivity contribution is -0.201. The van der Waals surface area contributed by atoms with Gasteiger partial charge in [-0.3, -0.25) is 0 Å². The summed E-state index contributed by atoms with van der Waals surface area (Å²) in [5.74, 6) is -0.927. The standard InChI is InChI=1S/C17H23FN2O4S/c1-25-14-3-2-12(10-13(14)18)20-15(21)19-11-16(22)4-6-17(7-5-16)23-8-9-24-17/h2-3,10,22H,4-9,11H2,1H3,(H2,19,20,21). The summed E-state index contributed by atoms with van der Waals surface area (Å²) in [6, 6.07) is 4.06. The van der Waals surface area contributed by atoms with Crippen LogP contribution < -0.4 is 10.6 Å². The maximum atomic E-state index is 13.7. The number of aliphatic hydroxyl groups is 1. The number of hydrogen-bond acceptors (Lipinski definition) is 5. The molecule has 0 radical (unpaired) electrons. The summed E-state index contributed by atoms with van der Waals surface area (Å²) in [5, 5.41) is 15.9. The second kappa shape index (κ2) is 7.49. The summed E-state index contributed by atoms with van der Waals surface area (Å²) in [7, 11) is 0. The molecule has 0 aromatic heterocycles. The molecule has 2 aliphatic rings. The van der Waals surface area contributed by atoms with Gasteiger partial charge < -0.3 is 25.2 Å². The van der Waals surface area contributed by atoms with Gasteiger partial charge in [0.15, 0.2) is 5.79 Å². The van der Waals surface area contributed by atoms with Gasteiger partial charge in [0, 0.05) is 30.0 Å². The number of benzene rings is 1. The minimum atomic E-state index is -0.980. The van der Waals surface area contributed by atoms with E-state index in [1.165, 1.54) is 17.8 Å². The molecule has 0 bridgehead atoms. The number of amides is 2. The minimum Gasteiger partial charge on any atom is -0.388 e. The third kappa shape index (κ3) is 4.44. The van der Waals surface area contributed by atoms with Crippen LogP contribution in [0.25, 0.3) is 0 Å². The van der Waals surface area contributed by atoms with Crippen molar-refractivity contribution in [2.45, 2.75) is 42.0 Å². The number of carbonyl (C=O) groups excluding carboxylic acids is 1. The van der Waals surface area contributed by atoms with Gasteiger partial charge >= 0.3 is 6.03 Å². The number of rotatable bonds is 4. The maximum absolute atomic E-state index is 13.7. The van der Waals surface area contributed by atoms with Crippen LogP contribution in [0.3, 0.4) is 0 Å². The van der Waals surface area contributed by atoms with Crippen LogP contribution in [0.1, 0.15) is 25.7 Å². The lowest BCUT2D eigenvalue weighted by atomic mass is 9.81. The molecule has 3 rings (SSSR count). The summed E-state index contributed by atoms with van der Waals surface area (Å²) in [4.78, 5) is 12.5. The number of carbonyl (C=O) groups is 1. The Hall–Kier alpha value is -1.35. The van der Waals surface area contributed by atoms with E-state index in [9.17, 15) is 14.3 Å². The predicted octanol–water partition coefficient (Wildman–Crippen LogP) is 2.72. The molecule has 138 valence electrons. The third-order valence-electron chi connectivity index (χ3n) is 4.74. The van der Waals surface area contributed by atoms with Crippen molar-refractivity contribution in [3.8, 4) is 0 Å². The Kier molecular flexibility index (Phi) is 5.52. The normalized spacial score (nSPS) is 21.2. The van der Waals surface area contributed by atoms with Gasteiger partial charge in [-0.15, -0.1) is 11.8 Å². The highest BCUT2D eigenvalue weighted by molar-refractivity contribution is 7.98. The average Bonchev–Trinajstić information content (AvgIpc) is 3.05. The monoisotopic (exact) mass is 370 g/mol. The van der Waals surface area contributed by atoms with Crippen molar-refractivity contribution in [3.63, 3.8) is 0 Å². The Morgan fingerprint density at radius 3 is 2.56 bits per heavy atom. The number of thioether (sulfide) groups is 1. The van der Waals surface area contributed by atoms with E-state index >= 15 is 0 Å². The summed E-state index contributed by atoms with van der Waals surface area (Å²) < 4.78 is 25.0. The number of urea groups is 1. The van der Waals surface area contributed by atoms with Crippen molar-refractivity contribution in [1.29, 1.82) is 0 Å². The number of nitrogens with one attached hydrogen (secondary N) is 2. The van der Waals surface area contributed by atoms with Gasteiger partial charge in [0.2, 0.25) is 0 Å². The molecule has 1 heterocycles. The van der Waals surface area contributed by atoms with Crippen molar-refractivity contribution in [2.75, 3.05) is 31.3 Å². The molecule has 8 heteroatoms. The lowest BCUT2D eigenvalue weighted by Gasteiger charge is -2.40. The van der Waals surface area contributed by atoms with Crippen LogP contribution in [0.4, 0.5) is 14.9 Å². The molecule has 1 saturated heterocycles. The van der Waals surface area contributed by atoms with Crippen LogP contribution in [-0.2, 0) is 9.47 Å². The lowest BCUT2D eigenvalue weighted by Crippen LogP contribution is -2.50. The van der Waals surface area contributed by atoms with Crippen LogP contribution in [0.2, 0.25) is 0 Å². The van der Waals surface area contributed by atoms with Crippen molar-refractivity contribution < 1.29 is 23.8 Å². The summed E-state index contributed by atoms with van der Waals surface area (Å²) >= 11 is 1.30. The predicted molar refractivity (Wildman–Crippen MR) is 93.3 cm³/mol. The first kappa shape index (κ1) is 18.4. The number of hydrogen-bond donors (Lipinski definition) is 3. The fraction of sp³-hybridized carbons (Fsp3) is 0.588. The Balaban J connectivity index is 1.48. The SMILES string of the molecule is CSc1ccc(NC(=O)NCC2(O)CCC3(CC2)OCCO3)cc1F. The van der Waals surface area contributed by atoms with Gasteiger partial charge in [0.05, 0.1) is 18.8 Å². The first-order chi connectivity index (χ1) is 11.9. The second-order valence-electron chi connectivity index (χ2n) is 6.49. The summed E-state index contributed by atoms with van der Waals surface area (Å²) in [5.41, 5.74) is -0.610. The van der Waals surface area contributed by atoms with Crippen molar-refractivity contribution in [3.05, 3.63) is 24.0 Å². The topological polar surface area (TPSA) is 79.8 Å². The van der Waals surface area contributed by atoms with E-state index < -0.39 is 17.4 Å². The first-order valence-electron chi connectivity index (χ1n) is 8.32. The molecule has 1 spiro atoms. The molecule has 1 aliphatic carbocycles. The van der Waals surface area contributed by atoms with Gasteiger partial charge in [-0.1, -0.05) is 0 Å². The quantitative estimate of drug-likeness (QED) is 0.710. The van der Waals surface area contributed by atoms with Crippen molar-refractivity contribution in [2.24, 2.45) is 0 Å². The number of ether oxygens (including phenoxy) is 2. The highest BCUT2D eigenvalue weighted by atomic mass is 32.2. The van der Waals surface area contributed by atoms with E-state index in [4.69, 9.17) is 9.47 Å². The molecule has 1 aliphatic heterocycles. The molecule has 1 aromatic rings. The van der Waals surface area contributed by atoms with Crippen LogP contribution in [-0.4, -0.2) is 48.5 Å². The van der Waals surface area contributed by atoms with Gasteiger partial charge in [0.1, 0.15) is 5.82 Å². The summed E-state index contributed by atoms with van der Waals surface area (Å²) in [6.07, 6.45) is 3.98. The molecule has 2 amide bonds. The fourth-order valence-corrected chi connectivity index (χ4v) is 3.68. The third-order valence-corrected chi connectivity index (χ3v) is 5.51. The van der Waals surface area contributed by atoms with E-state index in [0.717, 1.165) is 0 Å². The van der Waals surface area contributed by atoms with Crippen molar-refractivity contribution >= 4 is 23.5 Å².